The molecular formula is C40H30IrN2O-2. The minimum Gasteiger partial charge on any atom is -0.476 e. The fourth-order valence-corrected chi connectivity index (χ4v) is 5.54. The van der Waals surface area contributed by atoms with E-state index in [0.29, 0.717) is 5.92 Å². The van der Waals surface area contributed by atoms with Crippen molar-refractivity contribution in [3.8, 4) is 22.5 Å². The van der Waals surface area contributed by atoms with Crippen molar-refractivity contribution in [3.05, 3.63) is 145 Å². The zero-order chi connectivity index (χ0) is 29.3. The SMILES string of the molecule is CC(C)c1ccc(-c2[c-]ccc3oc4cc5ccc6ccccc6c5cc4c23)nc1.Cc1c[c-]c(-c2ccccn2)cc1.[Ir]. The van der Waals surface area contributed by atoms with E-state index >= 15 is 0 Å². The summed E-state index contributed by atoms with van der Waals surface area (Å²) in [6, 6.07) is 44.0. The quantitative estimate of drug-likeness (QED) is 0.133. The molecule has 0 N–H and O–H groups in total. The predicted molar refractivity (Wildman–Crippen MR) is 178 cm³/mol. The van der Waals surface area contributed by atoms with Gasteiger partial charge >= 0.3 is 0 Å². The van der Waals surface area contributed by atoms with E-state index in [2.05, 4.69) is 105 Å². The van der Waals surface area contributed by atoms with E-state index in [9.17, 15) is 0 Å². The van der Waals surface area contributed by atoms with Crippen LogP contribution in [-0.4, -0.2) is 9.97 Å². The first kappa shape index (κ1) is 29.4. The standard InChI is InChI=1S/C28H20NO.C12H10N.Ir/c1-17(2)20-12-13-25(29-16-20)22-8-5-9-26-28(22)24-15-23-19(14-27(24)30-26)11-10-18-6-3-4-7-21(18)23;1-10-5-7-11(8-6-10)12-4-2-3-9-13-12;/h3-7,9-17H,1-2H3;2-7,9H,1H3;/q2*-1;. The van der Waals surface area contributed by atoms with Crippen LogP contribution in [0.15, 0.2) is 126 Å². The minimum atomic E-state index is 0. The maximum atomic E-state index is 6.25. The van der Waals surface area contributed by atoms with Gasteiger partial charge in [0, 0.05) is 32.5 Å². The number of hydrogen-bond donors (Lipinski definition) is 0. The van der Waals surface area contributed by atoms with Crippen LogP contribution in [0.5, 0.6) is 0 Å². The number of pyridine rings is 2. The summed E-state index contributed by atoms with van der Waals surface area (Å²) >= 11 is 0. The number of furan rings is 1. The van der Waals surface area contributed by atoms with Crippen LogP contribution in [0.1, 0.15) is 30.9 Å². The molecule has 0 amide bonds. The Balaban J connectivity index is 0.000000207. The van der Waals surface area contributed by atoms with Crippen LogP contribution in [0.4, 0.5) is 0 Å². The van der Waals surface area contributed by atoms with Crippen LogP contribution < -0.4 is 0 Å². The van der Waals surface area contributed by atoms with E-state index in [4.69, 9.17) is 9.40 Å². The Morgan fingerprint density at radius 2 is 1.52 bits per heavy atom. The Hall–Kier alpha value is -4.63. The van der Waals surface area contributed by atoms with E-state index in [1.165, 1.54) is 32.7 Å². The van der Waals surface area contributed by atoms with Crippen molar-refractivity contribution in [1.29, 1.82) is 0 Å². The molecule has 0 spiro atoms. The van der Waals surface area contributed by atoms with Crippen LogP contribution in [0.2, 0.25) is 0 Å². The summed E-state index contributed by atoms with van der Waals surface area (Å²) in [5, 5.41) is 7.11. The molecule has 0 aliphatic carbocycles. The number of fused-ring (bicyclic) bond motifs is 6. The van der Waals surface area contributed by atoms with Crippen molar-refractivity contribution >= 4 is 43.5 Å². The Morgan fingerprint density at radius 1 is 0.682 bits per heavy atom. The van der Waals surface area contributed by atoms with Gasteiger partial charge in [-0.3, -0.25) is 0 Å². The summed E-state index contributed by atoms with van der Waals surface area (Å²) < 4.78 is 6.25. The van der Waals surface area contributed by atoms with Crippen molar-refractivity contribution in [3.63, 3.8) is 0 Å². The summed E-state index contributed by atoms with van der Waals surface area (Å²) in [5.74, 6) is 0.459. The molecule has 3 heterocycles. The Bertz CT molecular complexity index is 2200. The molecule has 0 unspecified atom stereocenters. The first-order valence-electron chi connectivity index (χ1n) is 14.6. The molecule has 5 aromatic carbocycles. The van der Waals surface area contributed by atoms with Crippen molar-refractivity contribution in [2.24, 2.45) is 0 Å². The Kier molecular flexibility index (Phi) is 8.39. The van der Waals surface area contributed by atoms with E-state index < -0.39 is 0 Å². The van der Waals surface area contributed by atoms with Gasteiger partial charge in [0.2, 0.25) is 0 Å². The molecule has 0 aliphatic rings. The van der Waals surface area contributed by atoms with Crippen LogP contribution in [0.3, 0.4) is 0 Å². The van der Waals surface area contributed by atoms with Crippen molar-refractivity contribution in [2.45, 2.75) is 26.7 Å². The topological polar surface area (TPSA) is 38.9 Å². The van der Waals surface area contributed by atoms with Gasteiger partial charge in [0.15, 0.2) is 0 Å². The number of benzene rings is 5. The smallest absolute Gasteiger partial charge is 0.124 e. The van der Waals surface area contributed by atoms with Gasteiger partial charge in [-0.15, -0.1) is 53.1 Å². The average Bonchev–Trinajstić information content (AvgIpc) is 3.42. The third-order valence-electron chi connectivity index (χ3n) is 7.91. The largest absolute Gasteiger partial charge is 0.476 e. The van der Waals surface area contributed by atoms with Gasteiger partial charge < -0.3 is 14.4 Å². The van der Waals surface area contributed by atoms with Gasteiger partial charge in [0.1, 0.15) is 5.58 Å². The maximum Gasteiger partial charge on any atom is 0.124 e. The first-order valence-corrected chi connectivity index (χ1v) is 14.6. The summed E-state index contributed by atoms with van der Waals surface area (Å²) in [5.41, 5.74) is 8.15. The number of nitrogens with zero attached hydrogens (tertiary/aromatic N) is 2. The van der Waals surface area contributed by atoms with Gasteiger partial charge in [-0.1, -0.05) is 99.0 Å². The number of aromatic nitrogens is 2. The van der Waals surface area contributed by atoms with E-state index in [0.717, 1.165) is 44.5 Å². The third kappa shape index (κ3) is 5.67. The monoisotopic (exact) mass is 747 g/mol. The van der Waals surface area contributed by atoms with Crippen molar-refractivity contribution in [1.82, 2.24) is 9.97 Å². The summed E-state index contributed by atoms with van der Waals surface area (Å²) in [6.07, 6.45) is 3.76. The number of aryl methyl sites for hydroxylation is 1. The van der Waals surface area contributed by atoms with Crippen molar-refractivity contribution < 1.29 is 24.5 Å². The second-order valence-corrected chi connectivity index (χ2v) is 11.2. The van der Waals surface area contributed by atoms with Gasteiger partial charge in [0.05, 0.1) is 5.58 Å². The molecule has 1 radical (unpaired) electrons. The molecule has 0 aliphatic heterocycles. The molecular weight excluding hydrogens is 717 g/mol. The number of hydrogen-bond acceptors (Lipinski definition) is 3. The summed E-state index contributed by atoms with van der Waals surface area (Å²) in [6.45, 7) is 6.42. The van der Waals surface area contributed by atoms with Crippen LogP contribution in [-0.2, 0) is 20.1 Å². The minimum absolute atomic E-state index is 0. The fraction of sp³-hybridized carbons (Fsp3) is 0.100. The molecule has 0 saturated heterocycles. The van der Waals surface area contributed by atoms with E-state index in [1.54, 1.807) is 6.20 Å². The molecule has 0 fully saturated rings. The van der Waals surface area contributed by atoms with Crippen LogP contribution in [0.25, 0.3) is 66.0 Å². The first-order chi connectivity index (χ1) is 21.0. The molecule has 8 rings (SSSR count). The number of rotatable bonds is 3. The average molecular weight is 747 g/mol. The van der Waals surface area contributed by atoms with E-state index in [1.807, 2.05) is 48.7 Å². The normalized spacial score (nSPS) is 11.1. The van der Waals surface area contributed by atoms with E-state index in [-0.39, 0.29) is 20.1 Å². The molecule has 4 heteroatoms. The van der Waals surface area contributed by atoms with Gasteiger partial charge in [-0.25, -0.2) is 0 Å². The second-order valence-electron chi connectivity index (χ2n) is 11.2. The molecule has 44 heavy (non-hydrogen) atoms. The molecule has 0 saturated carbocycles. The molecule has 3 aromatic heterocycles. The van der Waals surface area contributed by atoms with Crippen LogP contribution in [0, 0.1) is 19.1 Å². The summed E-state index contributed by atoms with van der Waals surface area (Å²) in [7, 11) is 0. The zero-order valence-corrected chi connectivity index (χ0v) is 27.2. The second kappa shape index (κ2) is 12.5. The molecule has 0 atom stereocenters. The van der Waals surface area contributed by atoms with Crippen molar-refractivity contribution in [2.75, 3.05) is 0 Å². The zero-order valence-electron chi connectivity index (χ0n) is 24.8. The Morgan fingerprint density at radius 3 is 2.27 bits per heavy atom. The third-order valence-corrected chi connectivity index (χ3v) is 7.91. The fourth-order valence-electron chi connectivity index (χ4n) is 5.54. The molecule has 217 valence electrons. The molecule has 8 aromatic rings. The van der Waals surface area contributed by atoms with Crippen LogP contribution >= 0.6 is 0 Å². The summed E-state index contributed by atoms with van der Waals surface area (Å²) in [4.78, 5) is 8.99. The van der Waals surface area contributed by atoms with Gasteiger partial charge in [-0.2, -0.15) is 0 Å². The Labute approximate surface area is 271 Å². The van der Waals surface area contributed by atoms with Gasteiger partial charge in [-0.05, 0) is 61.9 Å². The van der Waals surface area contributed by atoms with Gasteiger partial charge in [0.25, 0.3) is 0 Å². The molecule has 3 nitrogen and oxygen atoms in total. The molecule has 0 bridgehead atoms. The predicted octanol–water partition coefficient (Wildman–Crippen LogP) is 10.7. The maximum absolute atomic E-state index is 6.25.